The summed E-state index contributed by atoms with van der Waals surface area (Å²) in [5, 5.41) is 11.0. The lowest BCUT2D eigenvalue weighted by Gasteiger charge is -2.07. The fraction of sp³-hybridized carbons (Fsp3) is 0. The molecule has 2 N–H and O–H groups in total. The van der Waals surface area contributed by atoms with Gasteiger partial charge in [-0.15, -0.1) is 0 Å². The van der Waals surface area contributed by atoms with Crippen molar-refractivity contribution in [3.63, 3.8) is 0 Å². The molecule has 7 heteroatoms. The highest BCUT2D eigenvalue weighted by Gasteiger charge is 2.13. The fourth-order valence-electron chi connectivity index (χ4n) is 1.58. The quantitative estimate of drug-likeness (QED) is 0.825. The maximum Gasteiger partial charge on any atom is 0.335 e. The Kier molecular flexibility index (Phi) is 4.32. The number of hydrogen-bond acceptors (Lipinski definition) is 2. The van der Waals surface area contributed by atoms with Crippen LogP contribution in [0.15, 0.2) is 40.9 Å². The van der Waals surface area contributed by atoms with Crippen molar-refractivity contribution in [3.8, 4) is 0 Å². The van der Waals surface area contributed by atoms with Gasteiger partial charge in [0.2, 0.25) is 0 Å². The standard InChI is InChI=1S/C14H8BrF2NO3/c15-9-5-11(17)12(6-10(9)16)18-13(19)7-1-3-8(4-2-7)14(20)21/h1-6H,(H,18,19)(H,20,21). The van der Waals surface area contributed by atoms with Crippen LogP contribution in [0, 0.1) is 11.6 Å². The van der Waals surface area contributed by atoms with Gasteiger partial charge in [-0.2, -0.15) is 0 Å². The highest BCUT2D eigenvalue weighted by Crippen LogP contribution is 2.23. The van der Waals surface area contributed by atoms with Crippen LogP contribution in [-0.2, 0) is 0 Å². The van der Waals surface area contributed by atoms with Crippen molar-refractivity contribution >= 4 is 33.5 Å². The van der Waals surface area contributed by atoms with Gasteiger partial charge in [-0.25, -0.2) is 13.6 Å². The molecule has 2 aromatic rings. The molecule has 108 valence electrons. The molecule has 0 saturated carbocycles. The average Bonchev–Trinajstić information content (AvgIpc) is 2.44. The molecule has 2 aromatic carbocycles. The number of benzene rings is 2. The molecule has 2 rings (SSSR count). The lowest BCUT2D eigenvalue weighted by atomic mass is 10.1. The Morgan fingerprint density at radius 1 is 1.00 bits per heavy atom. The van der Waals surface area contributed by atoms with Gasteiger partial charge in [-0.3, -0.25) is 4.79 Å². The van der Waals surface area contributed by atoms with E-state index in [1.165, 1.54) is 24.3 Å². The first-order valence-electron chi connectivity index (χ1n) is 5.67. The molecule has 0 atom stereocenters. The molecule has 1 amide bonds. The van der Waals surface area contributed by atoms with Crippen molar-refractivity contribution in [1.82, 2.24) is 0 Å². The zero-order chi connectivity index (χ0) is 15.6. The molecular weight excluding hydrogens is 348 g/mol. The molecule has 0 fully saturated rings. The second kappa shape index (κ2) is 6.01. The first-order chi connectivity index (χ1) is 9.88. The van der Waals surface area contributed by atoms with E-state index in [2.05, 4.69) is 21.2 Å². The summed E-state index contributed by atoms with van der Waals surface area (Å²) >= 11 is 2.83. The average molecular weight is 356 g/mol. The summed E-state index contributed by atoms with van der Waals surface area (Å²) in [4.78, 5) is 22.6. The van der Waals surface area contributed by atoms with Gasteiger partial charge in [0, 0.05) is 11.6 Å². The van der Waals surface area contributed by atoms with Crippen molar-refractivity contribution in [3.05, 3.63) is 63.6 Å². The Hall–Kier alpha value is -2.28. The number of amides is 1. The van der Waals surface area contributed by atoms with E-state index in [-0.39, 0.29) is 21.3 Å². The molecule has 0 aliphatic carbocycles. The van der Waals surface area contributed by atoms with Crippen LogP contribution in [-0.4, -0.2) is 17.0 Å². The van der Waals surface area contributed by atoms with Crippen LogP contribution in [0.25, 0.3) is 0 Å². The number of rotatable bonds is 3. The molecule has 0 radical (unpaired) electrons. The van der Waals surface area contributed by atoms with Crippen molar-refractivity contribution in [2.24, 2.45) is 0 Å². The van der Waals surface area contributed by atoms with Gasteiger partial charge in [-0.1, -0.05) is 0 Å². The number of carboxylic acid groups (broad SMARTS) is 1. The molecule has 4 nitrogen and oxygen atoms in total. The highest BCUT2D eigenvalue weighted by molar-refractivity contribution is 9.10. The van der Waals surface area contributed by atoms with E-state index in [0.29, 0.717) is 0 Å². The minimum atomic E-state index is -1.12. The number of nitrogens with one attached hydrogen (secondary N) is 1. The Morgan fingerprint density at radius 3 is 2.14 bits per heavy atom. The third-order valence-corrected chi connectivity index (χ3v) is 3.26. The molecule has 0 saturated heterocycles. The lowest BCUT2D eigenvalue weighted by Crippen LogP contribution is -2.13. The second-order valence-electron chi connectivity index (χ2n) is 4.08. The number of anilines is 1. The van der Waals surface area contributed by atoms with Gasteiger partial charge in [0.15, 0.2) is 0 Å². The summed E-state index contributed by atoms with van der Waals surface area (Å²) in [6, 6.07) is 6.81. The summed E-state index contributed by atoms with van der Waals surface area (Å²) in [5.41, 5.74) is -0.154. The smallest absolute Gasteiger partial charge is 0.335 e. The van der Waals surface area contributed by atoms with Crippen LogP contribution in [0.1, 0.15) is 20.7 Å². The summed E-state index contributed by atoms with van der Waals surface area (Å²) in [7, 11) is 0. The van der Waals surface area contributed by atoms with Crippen LogP contribution in [0.3, 0.4) is 0 Å². The lowest BCUT2D eigenvalue weighted by molar-refractivity contribution is 0.0696. The number of hydrogen-bond donors (Lipinski definition) is 2. The zero-order valence-corrected chi connectivity index (χ0v) is 11.9. The van der Waals surface area contributed by atoms with Crippen LogP contribution >= 0.6 is 15.9 Å². The van der Waals surface area contributed by atoms with Crippen molar-refractivity contribution in [2.45, 2.75) is 0 Å². The Balaban J connectivity index is 2.22. The predicted molar refractivity (Wildman–Crippen MR) is 75.4 cm³/mol. The summed E-state index contributed by atoms with van der Waals surface area (Å²) in [6.07, 6.45) is 0. The maximum atomic E-state index is 13.6. The van der Waals surface area contributed by atoms with E-state index >= 15 is 0 Å². The largest absolute Gasteiger partial charge is 0.478 e. The van der Waals surface area contributed by atoms with Gasteiger partial charge in [-0.05, 0) is 46.3 Å². The highest BCUT2D eigenvalue weighted by atomic mass is 79.9. The normalized spacial score (nSPS) is 10.2. The Morgan fingerprint density at radius 2 is 1.57 bits per heavy atom. The Labute approximate surface area is 126 Å². The van der Waals surface area contributed by atoms with Gasteiger partial charge in [0.1, 0.15) is 11.6 Å². The molecule has 0 aliphatic heterocycles. The molecule has 0 spiro atoms. The van der Waals surface area contributed by atoms with Crippen LogP contribution in [0.5, 0.6) is 0 Å². The maximum absolute atomic E-state index is 13.6. The van der Waals surface area contributed by atoms with Crippen molar-refractivity contribution in [1.29, 1.82) is 0 Å². The van der Waals surface area contributed by atoms with Crippen molar-refractivity contribution < 1.29 is 23.5 Å². The van der Waals surface area contributed by atoms with Crippen LogP contribution in [0.2, 0.25) is 0 Å². The van der Waals surface area contributed by atoms with Crippen LogP contribution in [0.4, 0.5) is 14.5 Å². The van der Waals surface area contributed by atoms with Gasteiger partial charge < -0.3 is 10.4 Å². The van der Waals surface area contributed by atoms with E-state index in [1.54, 1.807) is 0 Å². The number of carbonyl (C=O) groups is 2. The molecule has 0 bridgehead atoms. The first kappa shape index (κ1) is 15.1. The third-order valence-electron chi connectivity index (χ3n) is 2.65. The molecule has 0 unspecified atom stereocenters. The Bertz CT molecular complexity index is 717. The van der Waals surface area contributed by atoms with Crippen molar-refractivity contribution in [2.75, 3.05) is 5.32 Å². The van der Waals surface area contributed by atoms with E-state index in [4.69, 9.17) is 5.11 Å². The summed E-state index contributed by atoms with van der Waals surface area (Å²) in [5.74, 6) is -3.30. The monoisotopic (exact) mass is 355 g/mol. The van der Waals surface area contributed by atoms with E-state index < -0.39 is 23.5 Å². The van der Waals surface area contributed by atoms with Crippen LogP contribution < -0.4 is 5.32 Å². The third kappa shape index (κ3) is 3.43. The van der Waals surface area contributed by atoms with Gasteiger partial charge >= 0.3 is 5.97 Å². The molecule has 0 heterocycles. The van der Waals surface area contributed by atoms with Gasteiger partial charge in [0.25, 0.3) is 5.91 Å². The predicted octanol–water partition coefficient (Wildman–Crippen LogP) is 3.68. The van der Waals surface area contributed by atoms with E-state index in [1.807, 2.05) is 0 Å². The minimum absolute atomic E-state index is 0.0208. The molecule has 21 heavy (non-hydrogen) atoms. The van der Waals surface area contributed by atoms with E-state index in [9.17, 15) is 18.4 Å². The van der Waals surface area contributed by atoms with E-state index in [0.717, 1.165) is 12.1 Å². The topological polar surface area (TPSA) is 66.4 Å². The molecule has 0 aromatic heterocycles. The van der Waals surface area contributed by atoms with Gasteiger partial charge in [0.05, 0.1) is 15.7 Å². The number of aromatic carboxylic acids is 1. The number of carbonyl (C=O) groups excluding carboxylic acids is 1. The SMILES string of the molecule is O=C(O)c1ccc(C(=O)Nc2cc(F)c(Br)cc2F)cc1. The fourth-order valence-corrected chi connectivity index (χ4v) is 1.89. The minimum Gasteiger partial charge on any atom is -0.478 e. The summed E-state index contributed by atoms with van der Waals surface area (Å²) < 4.78 is 26.9. The first-order valence-corrected chi connectivity index (χ1v) is 6.47. The number of carboxylic acids is 1. The summed E-state index contributed by atoms with van der Waals surface area (Å²) in [6.45, 7) is 0. The number of halogens is 3. The zero-order valence-electron chi connectivity index (χ0n) is 10.4. The second-order valence-corrected chi connectivity index (χ2v) is 4.94. The molecular formula is C14H8BrF2NO3. The molecule has 0 aliphatic rings.